The fourth-order valence-electron chi connectivity index (χ4n) is 3.58. The normalized spacial score (nSPS) is 16.2. The SMILES string of the molecule is CN1CCN(c2ccc(/N=N\c3nc4ccc(S(N)(=O)=O)cc4n3C)c(S(=O)(=O)O)c2)CC1. The highest BCUT2D eigenvalue weighted by Crippen LogP contribution is 2.31. The molecule has 2 heterocycles. The molecule has 0 spiro atoms. The average Bonchev–Trinajstić information content (AvgIpc) is 3.06. The number of anilines is 1. The van der Waals surface area contributed by atoms with Gasteiger partial charge in [-0.25, -0.2) is 18.5 Å². The number of sulfonamides is 1. The van der Waals surface area contributed by atoms with Crippen LogP contribution in [0.3, 0.4) is 0 Å². The van der Waals surface area contributed by atoms with Crippen LogP contribution >= 0.6 is 0 Å². The standard InChI is InChI=1S/C19H23N7O5S2/c1-24-7-9-26(10-8-24)13-3-5-16(18(11-13)33(29,30)31)22-23-19-21-15-6-4-14(32(20,27)28)12-17(15)25(19)2/h3-6,11-12H,7-10H2,1-2H3,(H2,20,27,28)(H,29,30,31)/b23-22-. The molecule has 0 saturated carbocycles. The van der Waals surface area contributed by atoms with Crippen molar-refractivity contribution in [2.24, 2.45) is 22.4 Å². The van der Waals surface area contributed by atoms with Gasteiger partial charge in [-0.15, -0.1) is 10.2 Å². The minimum Gasteiger partial charge on any atom is -0.369 e. The lowest BCUT2D eigenvalue weighted by atomic mass is 10.2. The predicted molar refractivity (Wildman–Crippen MR) is 122 cm³/mol. The Kier molecular flexibility index (Phi) is 5.96. The molecule has 0 amide bonds. The van der Waals surface area contributed by atoms with Gasteiger partial charge in [-0.1, -0.05) is 0 Å². The Morgan fingerprint density at radius 2 is 1.67 bits per heavy atom. The highest BCUT2D eigenvalue weighted by atomic mass is 32.2. The zero-order chi connectivity index (χ0) is 24.0. The molecule has 2 aromatic carbocycles. The van der Waals surface area contributed by atoms with Crippen LogP contribution in [0.1, 0.15) is 0 Å². The second-order valence-corrected chi connectivity index (χ2v) is 10.7. The van der Waals surface area contributed by atoms with Crippen molar-refractivity contribution in [1.82, 2.24) is 14.5 Å². The van der Waals surface area contributed by atoms with Crippen molar-refractivity contribution in [3.8, 4) is 0 Å². The van der Waals surface area contributed by atoms with E-state index in [-0.39, 0.29) is 21.4 Å². The number of nitrogens with zero attached hydrogens (tertiary/aromatic N) is 6. The Hall–Kier alpha value is -2.91. The monoisotopic (exact) mass is 493 g/mol. The number of primary sulfonamides is 1. The maximum atomic E-state index is 12.0. The number of piperazine rings is 1. The second kappa shape index (κ2) is 8.46. The van der Waals surface area contributed by atoms with Gasteiger partial charge in [-0.3, -0.25) is 4.55 Å². The molecule has 33 heavy (non-hydrogen) atoms. The Balaban J connectivity index is 1.70. The second-order valence-electron chi connectivity index (χ2n) is 7.78. The van der Waals surface area contributed by atoms with E-state index in [1.54, 1.807) is 13.1 Å². The van der Waals surface area contributed by atoms with Gasteiger partial charge >= 0.3 is 0 Å². The summed E-state index contributed by atoms with van der Waals surface area (Å²) in [6, 6.07) is 8.76. The number of aromatic nitrogens is 2. The van der Waals surface area contributed by atoms with Crippen LogP contribution in [0.2, 0.25) is 0 Å². The molecule has 1 fully saturated rings. The van der Waals surface area contributed by atoms with Crippen LogP contribution in [-0.2, 0) is 27.2 Å². The van der Waals surface area contributed by atoms with Crippen LogP contribution in [0.4, 0.5) is 17.3 Å². The largest absolute Gasteiger partial charge is 0.369 e. The fraction of sp³-hybridized carbons (Fsp3) is 0.316. The summed E-state index contributed by atoms with van der Waals surface area (Å²) in [5.41, 5.74) is 1.52. The predicted octanol–water partition coefficient (Wildman–Crippen LogP) is 1.63. The minimum atomic E-state index is -4.57. The third-order valence-corrected chi connectivity index (χ3v) is 7.29. The van der Waals surface area contributed by atoms with E-state index in [9.17, 15) is 21.4 Å². The van der Waals surface area contributed by atoms with Crippen LogP contribution in [-0.4, -0.2) is 69.1 Å². The molecule has 0 aliphatic carbocycles. The third-order valence-electron chi connectivity index (χ3n) is 5.49. The zero-order valence-corrected chi connectivity index (χ0v) is 19.6. The minimum absolute atomic E-state index is 0.0485. The summed E-state index contributed by atoms with van der Waals surface area (Å²) in [4.78, 5) is 8.05. The molecule has 1 aromatic heterocycles. The molecule has 3 N–H and O–H groups in total. The van der Waals surface area contributed by atoms with Crippen LogP contribution in [0, 0.1) is 0 Å². The van der Waals surface area contributed by atoms with E-state index in [1.807, 2.05) is 11.9 Å². The summed E-state index contributed by atoms with van der Waals surface area (Å²) in [5, 5.41) is 13.2. The number of benzene rings is 2. The van der Waals surface area contributed by atoms with E-state index < -0.39 is 20.1 Å². The number of fused-ring (bicyclic) bond motifs is 1. The number of rotatable bonds is 5. The van der Waals surface area contributed by atoms with E-state index in [1.165, 1.54) is 34.9 Å². The van der Waals surface area contributed by atoms with Gasteiger partial charge in [0.05, 0.1) is 15.9 Å². The number of hydrogen-bond acceptors (Lipinski definition) is 9. The molecule has 3 aromatic rings. The van der Waals surface area contributed by atoms with Gasteiger partial charge in [0.1, 0.15) is 10.6 Å². The van der Waals surface area contributed by atoms with Crippen LogP contribution in [0.5, 0.6) is 0 Å². The summed E-state index contributed by atoms with van der Waals surface area (Å²) in [7, 11) is -4.83. The number of imidazole rings is 1. The van der Waals surface area contributed by atoms with Crippen LogP contribution in [0.25, 0.3) is 11.0 Å². The summed E-state index contributed by atoms with van der Waals surface area (Å²) in [5.74, 6) is 0.112. The van der Waals surface area contributed by atoms with Gasteiger partial charge in [0.25, 0.3) is 10.1 Å². The molecular weight excluding hydrogens is 470 g/mol. The molecule has 1 aliphatic rings. The molecule has 0 radical (unpaired) electrons. The Morgan fingerprint density at radius 1 is 0.970 bits per heavy atom. The van der Waals surface area contributed by atoms with Crippen molar-refractivity contribution in [1.29, 1.82) is 0 Å². The number of aryl methyl sites for hydroxylation is 1. The highest BCUT2D eigenvalue weighted by molar-refractivity contribution is 7.89. The quantitative estimate of drug-likeness (QED) is 0.400. The zero-order valence-electron chi connectivity index (χ0n) is 17.9. The van der Waals surface area contributed by atoms with Gasteiger partial charge < -0.3 is 14.4 Å². The smallest absolute Gasteiger partial charge is 0.296 e. The van der Waals surface area contributed by atoms with E-state index >= 15 is 0 Å². The highest BCUT2D eigenvalue weighted by Gasteiger charge is 2.21. The molecular formula is C19H23N7O5S2. The molecule has 0 atom stereocenters. The van der Waals surface area contributed by atoms with Gasteiger partial charge in [0, 0.05) is 38.9 Å². The van der Waals surface area contributed by atoms with E-state index in [4.69, 9.17) is 5.14 Å². The Morgan fingerprint density at radius 3 is 2.30 bits per heavy atom. The van der Waals surface area contributed by atoms with Crippen molar-refractivity contribution in [2.75, 3.05) is 38.1 Å². The van der Waals surface area contributed by atoms with Crippen LogP contribution < -0.4 is 10.0 Å². The first-order valence-electron chi connectivity index (χ1n) is 9.89. The summed E-state index contributed by atoms with van der Waals surface area (Å²) in [6.45, 7) is 3.12. The van der Waals surface area contributed by atoms with Crippen molar-refractivity contribution in [3.05, 3.63) is 36.4 Å². The first-order valence-corrected chi connectivity index (χ1v) is 12.9. The molecule has 0 bridgehead atoms. The molecule has 176 valence electrons. The van der Waals surface area contributed by atoms with E-state index in [0.29, 0.717) is 16.7 Å². The van der Waals surface area contributed by atoms with Crippen LogP contribution in [0.15, 0.2) is 56.4 Å². The topological polar surface area (TPSA) is 164 Å². The van der Waals surface area contributed by atoms with Crippen molar-refractivity contribution in [3.63, 3.8) is 0 Å². The molecule has 4 rings (SSSR count). The summed E-state index contributed by atoms with van der Waals surface area (Å²) >= 11 is 0. The van der Waals surface area contributed by atoms with Gasteiger partial charge in [0.2, 0.25) is 16.0 Å². The van der Waals surface area contributed by atoms with Crippen molar-refractivity contribution >= 4 is 48.5 Å². The lowest BCUT2D eigenvalue weighted by Crippen LogP contribution is -2.44. The van der Waals surface area contributed by atoms with Crippen molar-refractivity contribution < 1.29 is 21.4 Å². The number of nitrogens with two attached hydrogens (primary N) is 1. The van der Waals surface area contributed by atoms with Gasteiger partial charge in [-0.05, 0) is 43.4 Å². The maximum absolute atomic E-state index is 12.0. The van der Waals surface area contributed by atoms with Crippen molar-refractivity contribution in [2.45, 2.75) is 9.79 Å². The third kappa shape index (κ3) is 4.89. The first kappa shape index (κ1) is 23.3. The lowest BCUT2D eigenvalue weighted by molar-refractivity contribution is 0.313. The molecule has 0 unspecified atom stereocenters. The van der Waals surface area contributed by atoms with E-state index in [2.05, 4.69) is 20.1 Å². The Bertz CT molecular complexity index is 1460. The number of hydrogen-bond donors (Lipinski definition) is 2. The Labute approximate surface area is 191 Å². The van der Waals surface area contributed by atoms with Gasteiger partial charge in [-0.2, -0.15) is 8.42 Å². The molecule has 1 aliphatic heterocycles. The maximum Gasteiger partial charge on any atom is 0.296 e. The first-order chi connectivity index (χ1) is 15.4. The summed E-state index contributed by atoms with van der Waals surface area (Å²) in [6.07, 6.45) is 0. The fourth-order valence-corrected chi connectivity index (χ4v) is 4.75. The van der Waals surface area contributed by atoms with Gasteiger partial charge in [0.15, 0.2) is 0 Å². The molecule has 14 heteroatoms. The summed E-state index contributed by atoms with van der Waals surface area (Å²) < 4.78 is 58.5. The number of azo groups is 1. The molecule has 1 saturated heterocycles. The van der Waals surface area contributed by atoms with E-state index in [0.717, 1.165) is 26.2 Å². The molecule has 12 nitrogen and oxygen atoms in total. The lowest BCUT2D eigenvalue weighted by Gasteiger charge is -2.34. The number of likely N-dealkylation sites (N-methyl/N-ethyl adjacent to an activating group) is 1. The average molecular weight is 494 g/mol.